The first-order valence-electron chi connectivity index (χ1n) is 7.13. The van der Waals surface area contributed by atoms with Gasteiger partial charge in [-0.15, -0.1) is 0 Å². The number of likely N-dealkylation sites (tertiary alicyclic amines) is 1. The Morgan fingerprint density at radius 2 is 2.05 bits per heavy atom. The van der Waals surface area contributed by atoms with Gasteiger partial charge in [0.25, 0.3) is 0 Å². The standard InChI is InChI=1S/C16H22N2O2/c1-12-3-4-13(2)15(9-12)17-16(20)10-18-7-5-14(11-19)6-8-18/h3-4,9,11,14H,5-8,10H2,1-2H3,(H,17,20). The van der Waals surface area contributed by atoms with E-state index in [1.165, 1.54) is 0 Å². The Labute approximate surface area is 120 Å². The molecule has 0 atom stereocenters. The molecule has 1 N–H and O–H groups in total. The number of carbonyl (C=O) groups is 2. The average molecular weight is 274 g/mol. The van der Waals surface area contributed by atoms with Crippen molar-refractivity contribution in [2.45, 2.75) is 26.7 Å². The highest BCUT2D eigenvalue weighted by molar-refractivity contribution is 5.93. The Bertz CT molecular complexity index is 491. The summed E-state index contributed by atoms with van der Waals surface area (Å²) >= 11 is 0. The van der Waals surface area contributed by atoms with E-state index in [9.17, 15) is 9.59 Å². The van der Waals surface area contributed by atoms with Gasteiger partial charge in [0.2, 0.25) is 5.91 Å². The predicted molar refractivity (Wildman–Crippen MR) is 79.8 cm³/mol. The molecule has 1 heterocycles. The maximum absolute atomic E-state index is 12.1. The van der Waals surface area contributed by atoms with Crippen molar-refractivity contribution in [1.29, 1.82) is 0 Å². The van der Waals surface area contributed by atoms with Crippen LogP contribution in [-0.2, 0) is 9.59 Å². The summed E-state index contributed by atoms with van der Waals surface area (Å²) in [6.45, 7) is 6.05. The summed E-state index contributed by atoms with van der Waals surface area (Å²) in [5.41, 5.74) is 3.10. The van der Waals surface area contributed by atoms with E-state index in [-0.39, 0.29) is 11.8 Å². The number of hydrogen-bond acceptors (Lipinski definition) is 3. The van der Waals surface area contributed by atoms with E-state index < -0.39 is 0 Å². The average Bonchev–Trinajstić information content (AvgIpc) is 2.43. The van der Waals surface area contributed by atoms with E-state index in [2.05, 4.69) is 10.2 Å². The molecule has 0 spiro atoms. The first kappa shape index (κ1) is 14.7. The lowest BCUT2D eigenvalue weighted by Gasteiger charge is -2.28. The molecule has 4 nitrogen and oxygen atoms in total. The highest BCUT2D eigenvalue weighted by Crippen LogP contribution is 2.17. The van der Waals surface area contributed by atoms with Crippen LogP contribution < -0.4 is 5.32 Å². The minimum atomic E-state index is 0.0169. The van der Waals surface area contributed by atoms with Gasteiger partial charge in [-0.3, -0.25) is 9.69 Å². The number of piperidine rings is 1. The molecule has 0 unspecified atom stereocenters. The Morgan fingerprint density at radius 3 is 2.70 bits per heavy atom. The van der Waals surface area contributed by atoms with Crippen molar-refractivity contribution >= 4 is 17.9 Å². The Kier molecular flexibility index (Phi) is 4.90. The Morgan fingerprint density at radius 1 is 1.35 bits per heavy atom. The van der Waals surface area contributed by atoms with Crippen molar-refractivity contribution in [3.05, 3.63) is 29.3 Å². The molecule has 1 aromatic carbocycles. The lowest BCUT2D eigenvalue weighted by atomic mass is 9.99. The van der Waals surface area contributed by atoms with Gasteiger partial charge in [0.1, 0.15) is 6.29 Å². The van der Waals surface area contributed by atoms with E-state index in [1.807, 2.05) is 32.0 Å². The number of carbonyl (C=O) groups excluding carboxylic acids is 2. The molecule has 1 amide bonds. The number of nitrogens with one attached hydrogen (secondary N) is 1. The van der Waals surface area contributed by atoms with E-state index >= 15 is 0 Å². The molecule has 1 fully saturated rings. The van der Waals surface area contributed by atoms with Gasteiger partial charge in [-0.25, -0.2) is 0 Å². The molecular formula is C16H22N2O2. The number of aryl methyl sites for hydroxylation is 2. The molecule has 1 aromatic rings. The van der Waals surface area contributed by atoms with Gasteiger partial charge in [-0.1, -0.05) is 12.1 Å². The van der Waals surface area contributed by atoms with Crippen LogP contribution in [0, 0.1) is 19.8 Å². The molecule has 0 aliphatic carbocycles. The monoisotopic (exact) mass is 274 g/mol. The molecule has 20 heavy (non-hydrogen) atoms. The zero-order chi connectivity index (χ0) is 14.5. The van der Waals surface area contributed by atoms with Gasteiger partial charge >= 0.3 is 0 Å². The van der Waals surface area contributed by atoms with Crippen molar-refractivity contribution in [3.8, 4) is 0 Å². The second-order valence-electron chi connectivity index (χ2n) is 5.62. The fourth-order valence-corrected chi connectivity index (χ4v) is 2.51. The topological polar surface area (TPSA) is 49.4 Å². The molecule has 0 bridgehead atoms. The highest BCUT2D eigenvalue weighted by atomic mass is 16.2. The lowest BCUT2D eigenvalue weighted by molar-refractivity contribution is -0.117. The van der Waals surface area contributed by atoms with Gasteiger partial charge in [0.15, 0.2) is 0 Å². The Balaban J connectivity index is 1.86. The van der Waals surface area contributed by atoms with Crippen LogP contribution in [0.25, 0.3) is 0 Å². The van der Waals surface area contributed by atoms with Gasteiger partial charge < -0.3 is 10.1 Å². The molecule has 1 aliphatic rings. The number of amides is 1. The van der Waals surface area contributed by atoms with Gasteiger partial charge in [-0.2, -0.15) is 0 Å². The number of aldehydes is 1. The quantitative estimate of drug-likeness (QED) is 0.856. The number of hydrogen-bond donors (Lipinski definition) is 1. The van der Waals surface area contributed by atoms with E-state index in [0.29, 0.717) is 6.54 Å². The van der Waals surface area contributed by atoms with Crippen molar-refractivity contribution in [3.63, 3.8) is 0 Å². The molecule has 1 aliphatic heterocycles. The molecule has 0 saturated carbocycles. The highest BCUT2D eigenvalue weighted by Gasteiger charge is 2.20. The van der Waals surface area contributed by atoms with E-state index in [1.54, 1.807) is 0 Å². The Hall–Kier alpha value is -1.68. The van der Waals surface area contributed by atoms with Crippen molar-refractivity contribution in [2.24, 2.45) is 5.92 Å². The maximum Gasteiger partial charge on any atom is 0.238 e. The van der Waals surface area contributed by atoms with E-state index in [4.69, 9.17) is 0 Å². The molecule has 0 radical (unpaired) electrons. The zero-order valence-corrected chi connectivity index (χ0v) is 12.2. The summed E-state index contributed by atoms with van der Waals surface area (Å²) in [5.74, 6) is 0.191. The number of nitrogens with zero attached hydrogens (tertiary/aromatic N) is 1. The number of anilines is 1. The van der Waals surface area contributed by atoms with Gasteiger partial charge in [0.05, 0.1) is 6.54 Å². The van der Waals surface area contributed by atoms with Crippen LogP contribution in [-0.4, -0.2) is 36.7 Å². The van der Waals surface area contributed by atoms with Crippen LogP contribution in [0.1, 0.15) is 24.0 Å². The van der Waals surface area contributed by atoms with Crippen LogP contribution in [0.15, 0.2) is 18.2 Å². The molecule has 0 aromatic heterocycles. The van der Waals surface area contributed by atoms with Crippen LogP contribution in [0.5, 0.6) is 0 Å². The smallest absolute Gasteiger partial charge is 0.238 e. The maximum atomic E-state index is 12.1. The molecule has 4 heteroatoms. The first-order valence-corrected chi connectivity index (χ1v) is 7.13. The largest absolute Gasteiger partial charge is 0.325 e. The van der Waals surface area contributed by atoms with Crippen molar-refractivity contribution < 1.29 is 9.59 Å². The third-order valence-corrected chi connectivity index (χ3v) is 3.86. The summed E-state index contributed by atoms with van der Waals surface area (Å²) in [5, 5.41) is 2.97. The third kappa shape index (κ3) is 3.90. The van der Waals surface area contributed by atoms with Crippen LogP contribution in [0.3, 0.4) is 0 Å². The summed E-state index contributed by atoms with van der Waals surface area (Å²) in [7, 11) is 0. The zero-order valence-electron chi connectivity index (χ0n) is 12.2. The lowest BCUT2D eigenvalue weighted by Crippen LogP contribution is -2.39. The molecule has 108 valence electrons. The molecule has 1 saturated heterocycles. The predicted octanol–water partition coefficient (Wildman–Crippen LogP) is 2.15. The SMILES string of the molecule is Cc1ccc(C)c(NC(=O)CN2CCC(C=O)CC2)c1. The number of benzene rings is 1. The molecular weight excluding hydrogens is 252 g/mol. The van der Waals surface area contributed by atoms with E-state index in [0.717, 1.165) is 49.0 Å². The molecule has 2 rings (SSSR count). The summed E-state index contributed by atoms with van der Waals surface area (Å²) < 4.78 is 0. The minimum Gasteiger partial charge on any atom is -0.325 e. The fourth-order valence-electron chi connectivity index (χ4n) is 2.51. The summed E-state index contributed by atoms with van der Waals surface area (Å²) in [6, 6.07) is 6.04. The first-order chi connectivity index (χ1) is 9.58. The number of rotatable bonds is 4. The van der Waals surface area contributed by atoms with Crippen LogP contribution in [0.2, 0.25) is 0 Å². The second-order valence-corrected chi connectivity index (χ2v) is 5.62. The van der Waals surface area contributed by atoms with Crippen molar-refractivity contribution in [2.75, 3.05) is 25.0 Å². The van der Waals surface area contributed by atoms with Crippen molar-refractivity contribution in [1.82, 2.24) is 4.90 Å². The minimum absolute atomic E-state index is 0.0169. The fraction of sp³-hybridized carbons (Fsp3) is 0.500. The normalized spacial score (nSPS) is 16.9. The second kappa shape index (κ2) is 6.66. The van der Waals surface area contributed by atoms with Crippen LogP contribution >= 0.6 is 0 Å². The summed E-state index contributed by atoms with van der Waals surface area (Å²) in [6.07, 6.45) is 2.76. The summed E-state index contributed by atoms with van der Waals surface area (Å²) in [4.78, 5) is 24.9. The third-order valence-electron chi connectivity index (χ3n) is 3.86. The van der Waals surface area contributed by atoms with Crippen LogP contribution in [0.4, 0.5) is 5.69 Å². The van der Waals surface area contributed by atoms with Gasteiger partial charge in [-0.05, 0) is 57.0 Å². The van der Waals surface area contributed by atoms with Gasteiger partial charge in [0, 0.05) is 11.6 Å².